The van der Waals surface area contributed by atoms with Crippen molar-refractivity contribution in [3.8, 4) is 0 Å². The Morgan fingerprint density at radius 1 is 1.13 bits per heavy atom. The van der Waals surface area contributed by atoms with Crippen LogP contribution in [0.15, 0.2) is 67.3 Å². The van der Waals surface area contributed by atoms with E-state index < -0.39 is 21.0 Å². The molecule has 0 spiro atoms. The van der Waals surface area contributed by atoms with E-state index in [4.69, 9.17) is 8.83 Å². The van der Waals surface area contributed by atoms with Crippen LogP contribution >= 0.6 is 11.3 Å². The lowest BCUT2D eigenvalue weighted by Gasteiger charge is -2.15. The monoisotopic (exact) mass is 351 g/mol. The fourth-order valence-corrected chi connectivity index (χ4v) is 4.87. The fourth-order valence-electron chi connectivity index (χ4n) is 2.08. The smallest absolute Gasteiger partial charge is 0.287 e. The van der Waals surface area contributed by atoms with Gasteiger partial charge in [0, 0.05) is 6.54 Å². The van der Waals surface area contributed by atoms with Gasteiger partial charge >= 0.3 is 0 Å². The Hall–Kier alpha value is -2.32. The van der Waals surface area contributed by atoms with Crippen molar-refractivity contribution in [2.24, 2.45) is 0 Å². The highest BCUT2D eigenvalue weighted by Crippen LogP contribution is 2.31. The molecule has 1 amide bonds. The summed E-state index contributed by atoms with van der Waals surface area (Å²) in [7, 11) is -3.67. The van der Waals surface area contributed by atoms with Crippen LogP contribution in [0.4, 0.5) is 0 Å². The highest BCUT2D eigenvalue weighted by molar-refractivity contribution is 7.93. The van der Waals surface area contributed by atoms with Gasteiger partial charge in [-0.25, -0.2) is 8.42 Å². The second-order valence-corrected chi connectivity index (χ2v) is 7.97. The number of nitrogens with one attached hydrogen (secondary N) is 1. The summed E-state index contributed by atoms with van der Waals surface area (Å²) in [5, 5.41) is 3.26. The Balaban J connectivity index is 1.84. The molecule has 3 aromatic heterocycles. The van der Waals surface area contributed by atoms with E-state index in [1.54, 1.807) is 29.6 Å². The van der Waals surface area contributed by atoms with E-state index in [0.717, 1.165) is 11.3 Å². The standard InChI is InChI=1S/C15H13NO5S2/c17-15(12-5-2-8-21-12)16-10-13(11-4-1-7-20-11)23(18,19)14-6-3-9-22-14/h1-9,13H,10H2,(H,16,17)/t13-/m0/s1. The highest BCUT2D eigenvalue weighted by Gasteiger charge is 2.32. The van der Waals surface area contributed by atoms with Gasteiger partial charge in [0.05, 0.1) is 12.5 Å². The molecule has 0 aliphatic carbocycles. The molecule has 6 nitrogen and oxygen atoms in total. The molecule has 0 aliphatic heterocycles. The average Bonchev–Trinajstić information content (AvgIpc) is 3.27. The maximum atomic E-state index is 12.8. The first-order valence-electron chi connectivity index (χ1n) is 6.71. The second kappa shape index (κ2) is 6.43. The number of sulfone groups is 1. The maximum Gasteiger partial charge on any atom is 0.287 e. The molecule has 0 bridgehead atoms. The van der Waals surface area contributed by atoms with E-state index in [-0.39, 0.29) is 22.3 Å². The Morgan fingerprint density at radius 2 is 1.91 bits per heavy atom. The van der Waals surface area contributed by atoms with Crippen LogP contribution in [0, 0.1) is 0 Å². The van der Waals surface area contributed by atoms with Crippen molar-refractivity contribution in [1.29, 1.82) is 0 Å². The molecule has 0 aromatic carbocycles. The van der Waals surface area contributed by atoms with Crippen molar-refractivity contribution >= 4 is 27.1 Å². The van der Waals surface area contributed by atoms with Gasteiger partial charge in [-0.2, -0.15) is 0 Å². The largest absolute Gasteiger partial charge is 0.468 e. The molecule has 0 radical (unpaired) electrons. The molecule has 1 atom stereocenters. The number of hydrogen-bond donors (Lipinski definition) is 1. The zero-order valence-corrected chi connectivity index (χ0v) is 13.5. The second-order valence-electron chi connectivity index (χ2n) is 4.67. The van der Waals surface area contributed by atoms with Gasteiger partial charge in [-0.1, -0.05) is 6.07 Å². The normalized spacial score (nSPS) is 12.9. The van der Waals surface area contributed by atoms with Crippen LogP contribution in [0.2, 0.25) is 0 Å². The molecule has 23 heavy (non-hydrogen) atoms. The van der Waals surface area contributed by atoms with Crippen LogP contribution in [-0.4, -0.2) is 20.9 Å². The minimum Gasteiger partial charge on any atom is -0.468 e. The number of carbonyl (C=O) groups excluding carboxylic acids is 1. The molecule has 0 saturated carbocycles. The summed E-state index contributed by atoms with van der Waals surface area (Å²) >= 11 is 1.13. The summed E-state index contributed by atoms with van der Waals surface area (Å²) in [4.78, 5) is 12.0. The summed E-state index contributed by atoms with van der Waals surface area (Å²) in [5.74, 6) is -0.0807. The molecular weight excluding hydrogens is 338 g/mol. The lowest BCUT2D eigenvalue weighted by Crippen LogP contribution is -2.31. The molecule has 0 aliphatic rings. The molecule has 3 rings (SSSR count). The molecule has 0 saturated heterocycles. The molecule has 3 aromatic rings. The Morgan fingerprint density at radius 3 is 2.52 bits per heavy atom. The van der Waals surface area contributed by atoms with E-state index in [1.165, 1.54) is 24.7 Å². The van der Waals surface area contributed by atoms with Gasteiger partial charge in [0.15, 0.2) is 15.6 Å². The van der Waals surface area contributed by atoms with Gasteiger partial charge in [-0.05, 0) is 35.7 Å². The van der Waals surface area contributed by atoms with Crippen molar-refractivity contribution in [2.45, 2.75) is 9.46 Å². The zero-order chi connectivity index (χ0) is 16.3. The lowest BCUT2D eigenvalue weighted by atomic mass is 10.3. The van der Waals surface area contributed by atoms with Gasteiger partial charge in [-0.15, -0.1) is 11.3 Å². The van der Waals surface area contributed by atoms with Gasteiger partial charge in [0.25, 0.3) is 5.91 Å². The fraction of sp³-hybridized carbons (Fsp3) is 0.133. The average molecular weight is 351 g/mol. The number of hydrogen-bond acceptors (Lipinski definition) is 6. The number of furan rings is 2. The van der Waals surface area contributed by atoms with Crippen molar-refractivity contribution in [2.75, 3.05) is 6.54 Å². The molecule has 120 valence electrons. The first kappa shape index (κ1) is 15.6. The van der Waals surface area contributed by atoms with Crippen LogP contribution in [0.5, 0.6) is 0 Å². The van der Waals surface area contributed by atoms with Crippen molar-refractivity contribution < 1.29 is 22.0 Å². The van der Waals surface area contributed by atoms with E-state index in [1.807, 2.05) is 0 Å². The number of thiophene rings is 1. The van der Waals surface area contributed by atoms with E-state index in [9.17, 15) is 13.2 Å². The van der Waals surface area contributed by atoms with Crippen LogP contribution < -0.4 is 5.32 Å². The van der Waals surface area contributed by atoms with Crippen molar-refractivity contribution in [1.82, 2.24) is 5.32 Å². The first-order valence-corrected chi connectivity index (χ1v) is 9.14. The maximum absolute atomic E-state index is 12.8. The van der Waals surface area contributed by atoms with Gasteiger partial charge in [0.2, 0.25) is 0 Å². The lowest BCUT2D eigenvalue weighted by molar-refractivity contribution is 0.0925. The van der Waals surface area contributed by atoms with Gasteiger partial charge in [0.1, 0.15) is 15.2 Å². The molecular formula is C15H13NO5S2. The number of rotatable bonds is 6. The van der Waals surface area contributed by atoms with E-state index in [0.29, 0.717) is 0 Å². The third-order valence-electron chi connectivity index (χ3n) is 3.20. The molecule has 0 fully saturated rings. The minimum absolute atomic E-state index is 0.118. The highest BCUT2D eigenvalue weighted by atomic mass is 32.2. The Labute approximate surface area is 136 Å². The summed E-state index contributed by atoms with van der Waals surface area (Å²) < 4.78 is 36.0. The van der Waals surface area contributed by atoms with Crippen LogP contribution in [-0.2, 0) is 9.84 Å². The summed E-state index contributed by atoms with van der Waals surface area (Å²) in [6.07, 6.45) is 2.78. The van der Waals surface area contributed by atoms with Crippen molar-refractivity contribution in [3.05, 3.63) is 65.8 Å². The molecule has 1 N–H and O–H groups in total. The third-order valence-corrected chi connectivity index (χ3v) is 6.70. The van der Waals surface area contributed by atoms with Crippen LogP contribution in [0.3, 0.4) is 0 Å². The third kappa shape index (κ3) is 3.22. The topological polar surface area (TPSA) is 89.5 Å². The number of carbonyl (C=O) groups is 1. The minimum atomic E-state index is -3.67. The number of amides is 1. The Bertz CT molecular complexity index is 849. The first-order chi connectivity index (χ1) is 11.1. The van der Waals surface area contributed by atoms with Gasteiger partial charge in [-0.3, -0.25) is 4.79 Å². The predicted octanol–water partition coefficient (Wildman–Crippen LogP) is 2.88. The summed E-state index contributed by atoms with van der Waals surface area (Å²) in [6.45, 7) is -0.118. The van der Waals surface area contributed by atoms with E-state index >= 15 is 0 Å². The van der Waals surface area contributed by atoms with Crippen molar-refractivity contribution in [3.63, 3.8) is 0 Å². The zero-order valence-electron chi connectivity index (χ0n) is 11.8. The van der Waals surface area contributed by atoms with Crippen LogP contribution in [0.25, 0.3) is 0 Å². The summed E-state index contributed by atoms with van der Waals surface area (Å²) in [5.41, 5.74) is 0. The predicted molar refractivity (Wildman–Crippen MR) is 84.0 cm³/mol. The van der Waals surface area contributed by atoms with Crippen LogP contribution in [0.1, 0.15) is 21.6 Å². The quantitative estimate of drug-likeness (QED) is 0.737. The SMILES string of the molecule is O=C(NC[C@@H](c1ccco1)S(=O)(=O)c1cccs1)c1ccco1. The van der Waals surface area contributed by atoms with Gasteiger partial charge < -0.3 is 14.2 Å². The Kier molecular flexibility index (Phi) is 4.35. The molecule has 8 heteroatoms. The van der Waals surface area contributed by atoms with E-state index in [2.05, 4.69) is 5.32 Å². The summed E-state index contributed by atoms with van der Waals surface area (Å²) in [6, 6.07) is 9.48. The molecule has 3 heterocycles. The molecule has 0 unspecified atom stereocenters.